The summed E-state index contributed by atoms with van der Waals surface area (Å²) in [5.74, 6) is -0.181. The average Bonchev–Trinajstić information content (AvgIpc) is 2.06. The predicted octanol–water partition coefficient (Wildman–Crippen LogP) is 1.64. The Balaban J connectivity index is 2.82. The summed E-state index contributed by atoms with van der Waals surface area (Å²) >= 11 is 3.03. The summed E-state index contributed by atoms with van der Waals surface area (Å²) in [4.78, 5) is 0. The van der Waals surface area contributed by atoms with Gasteiger partial charge in [0, 0.05) is 10.2 Å². The molecule has 0 radical (unpaired) electrons. The maximum absolute atomic E-state index is 7.17. The molecular formula is C6H7BrN2O. The van der Waals surface area contributed by atoms with Gasteiger partial charge in [-0.1, -0.05) is 0 Å². The van der Waals surface area contributed by atoms with E-state index in [0.717, 1.165) is 0 Å². The topological polar surface area (TPSA) is 35.0 Å². The van der Waals surface area contributed by atoms with Crippen LogP contribution >= 0.6 is 15.9 Å². The first-order valence-electron chi connectivity index (χ1n) is 4.91. The van der Waals surface area contributed by atoms with Crippen LogP contribution in [-0.2, 0) is 0 Å². The van der Waals surface area contributed by atoms with Gasteiger partial charge < -0.3 is 4.74 Å². The summed E-state index contributed by atoms with van der Waals surface area (Å²) in [6.45, 7) is -5.66. The molecule has 0 atom stereocenters. The van der Waals surface area contributed by atoms with E-state index >= 15 is 0 Å². The van der Waals surface area contributed by atoms with Crippen LogP contribution in [0.3, 0.4) is 0 Å². The van der Waals surface area contributed by atoms with Crippen molar-refractivity contribution < 1.29 is 11.6 Å². The molecule has 0 amide bonds. The first-order chi connectivity index (χ1) is 6.72. The Bertz CT molecular complexity index is 338. The summed E-state index contributed by atoms with van der Waals surface area (Å²) in [7, 11) is 0. The van der Waals surface area contributed by atoms with E-state index in [1.54, 1.807) is 0 Å². The van der Waals surface area contributed by atoms with Crippen LogP contribution in [0, 0.1) is 0 Å². The van der Waals surface area contributed by atoms with E-state index in [1.807, 2.05) is 0 Å². The molecule has 0 aliphatic carbocycles. The predicted molar refractivity (Wildman–Crippen MR) is 40.9 cm³/mol. The van der Waals surface area contributed by atoms with E-state index in [9.17, 15) is 0 Å². The van der Waals surface area contributed by atoms with E-state index in [2.05, 4.69) is 30.9 Å². The molecule has 0 N–H and O–H groups in total. The summed E-state index contributed by atoms with van der Waals surface area (Å²) < 4.78 is 40.1. The van der Waals surface area contributed by atoms with Crippen LogP contribution in [0.1, 0.15) is 13.7 Å². The Labute approximate surface area is 74.6 Å². The van der Waals surface area contributed by atoms with Gasteiger partial charge in [-0.25, -0.2) is 0 Å². The van der Waals surface area contributed by atoms with E-state index in [4.69, 9.17) is 6.85 Å². The van der Waals surface area contributed by atoms with Crippen LogP contribution in [0.2, 0.25) is 0 Å². The van der Waals surface area contributed by atoms with Crippen molar-refractivity contribution in [2.45, 2.75) is 6.85 Å². The highest BCUT2D eigenvalue weighted by Gasteiger charge is 1.92. The molecule has 0 aliphatic heterocycles. The molecule has 0 bridgehead atoms. The fourth-order valence-electron chi connectivity index (χ4n) is 0.410. The molecule has 10 heavy (non-hydrogen) atoms. The third-order valence-electron chi connectivity index (χ3n) is 0.763. The Hall–Kier alpha value is -0.640. The van der Waals surface area contributed by atoms with Gasteiger partial charge in [-0.05, 0) is 28.8 Å². The van der Waals surface area contributed by atoms with Crippen molar-refractivity contribution in [2.75, 3.05) is 6.56 Å². The summed E-state index contributed by atoms with van der Waals surface area (Å²) in [5.41, 5.74) is 0. The number of ether oxygens (including phenoxy) is 1. The Morgan fingerprint density at radius 2 is 2.70 bits per heavy atom. The molecule has 1 aromatic heterocycles. The molecule has 0 aliphatic rings. The smallest absolute Gasteiger partial charge is 0.233 e. The molecule has 1 aromatic rings. The fraction of sp³-hybridized carbons (Fsp3) is 0.333. The lowest BCUT2D eigenvalue weighted by Gasteiger charge is -1.97. The van der Waals surface area contributed by atoms with Gasteiger partial charge in [-0.2, -0.15) is 0 Å². The molecule has 0 saturated heterocycles. The molecule has 1 rings (SSSR count). The molecule has 54 valence electrons. The van der Waals surface area contributed by atoms with Crippen molar-refractivity contribution in [3.05, 3.63) is 16.7 Å². The first-order valence-corrected chi connectivity index (χ1v) is 3.20. The highest BCUT2D eigenvalue weighted by molar-refractivity contribution is 9.10. The van der Waals surface area contributed by atoms with Gasteiger partial charge in [0.25, 0.3) is 0 Å². The van der Waals surface area contributed by atoms with Crippen molar-refractivity contribution >= 4 is 15.9 Å². The average molecular weight is 208 g/mol. The third kappa shape index (κ3) is 1.95. The first kappa shape index (κ1) is 3.17. The van der Waals surface area contributed by atoms with E-state index in [-0.39, 0.29) is 5.88 Å². The van der Waals surface area contributed by atoms with Gasteiger partial charge >= 0.3 is 0 Å². The fourth-order valence-corrected chi connectivity index (χ4v) is 0.622. The molecule has 0 aromatic carbocycles. The minimum absolute atomic E-state index is 0.181. The second-order valence-corrected chi connectivity index (χ2v) is 2.21. The number of hydrogen-bond donors (Lipinski definition) is 0. The van der Waals surface area contributed by atoms with Crippen LogP contribution in [0.15, 0.2) is 16.7 Å². The molecule has 1 heterocycles. The van der Waals surface area contributed by atoms with Gasteiger partial charge in [0.05, 0.1) is 9.30 Å². The normalized spacial score (nSPS) is 19.5. The lowest BCUT2D eigenvalue weighted by molar-refractivity contribution is 0.322. The molecule has 0 saturated carbocycles. The second kappa shape index (κ2) is 3.51. The van der Waals surface area contributed by atoms with Crippen molar-refractivity contribution in [1.29, 1.82) is 0 Å². The van der Waals surface area contributed by atoms with Crippen LogP contribution in [0.25, 0.3) is 0 Å². The Morgan fingerprint density at radius 1 is 1.80 bits per heavy atom. The van der Waals surface area contributed by atoms with E-state index in [0.29, 0.717) is 4.60 Å². The third-order valence-corrected chi connectivity index (χ3v) is 1.19. The molecule has 0 fully saturated rings. The Kier molecular flexibility index (Phi) is 1.11. The highest BCUT2D eigenvalue weighted by atomic mass is 79.9. The SMILES string of the molecule is [2H]C([2H])([2H])C([2H])([2H])Oc1ccc(Br)nn1. The van der Waals surface area contributed by atoms with Gasteiger partial charge in [-0.15, -0.1) is 10.2 Å². The monoisotopic (exact) mass is 207 g/mol. The molecule has 0 spiro atoms. The maximum Gasteiger partial charge on any atom is 0.233 e. The summed E-state index contributed by atoms with van der Waals surface area (Å²) in [6.07, 6.45) is 0. The van der Waals surface area contributed by atoms with Crippen molar-refractivity contribution in [3.63, 3.8) is 0 Å². The summed E-state index contributed by atoms with van der Waals surface area (Å²) in [6, 6.07) is 2.79. The highest BCUT2D eigenvalue weighted by Crippen LogP contribution is 2.08. The number of aromatic nitrogens is 2. The number of rotatable bonds is 2. The van der Waals surface area contributed by atoms with E-state index < -0.39 is 13.4 Å². The van der Waals surface area contributed by atoms with E-state index in [1.165, 1.54) is 12.1 Å². The van der Waals surface area contributed by atoms with Crippen LogP contribution in [0.5, 0.6) is 5.88 Å². The largest absolute Gasteiger partial charge is 0.477 e. The number of hydrogen-bond acceptors (Lipinski definition) is 3. The Morgan fingerprint density at radius 3 is 3.30 bits per heavy atom. The lowest BCUT2D eigenvalue weighted by atomic mass is 10.6. The maximum atomic E-state index is 7.17. The molecular weight excluding hydrogens is 196 g/mol. The number of halogens is 1. The molecule has 3 nitrogen and oxygen atoms in total. The van der Waals surface area contributed by atoms with Gasteiger partial charge in [-0.3, -0.25) is 0 Å². The zero-order valence-corrected chi connectivity index (χ0v) is 6.42. The zero-order valence-electron chi connectivity index (χ0n) is 9.84. The van der Waals surface area contributed by atoms with Gasteiger partial charge in [0.1, 0.15) is 4.60 Å². The standard InChI is InChI=1S/C6H7BrN2O/c1-2-10-6-4-3-5(7)8-9-6/h3-4H,2H2,1H3/i1D3,2D2. The quantitative estimate of drug-likeness (QED) is 0.740. The summed E-state index contributed by atoms with van der Waals surface area (Å²) in [5, 5.41) is 7.00. The molecule has 4 heteroatoms. The minimum atomic E-state index is -2.87. The van der Waals surface area contributed by atoms with Crippen LogP contribution < -0.4 is 4.74 Å². The van der Waals surface area contributed by atoms with Crippen LogP contribution in [-0.4, -0.2) is 16.8 Å². The molecule has 0 unspecified atom stereocenters. The van der Waals surface area contributed by atoms with Crippen molar-refractivity contribution in [1.82, 2.24) is 10.2 Å². The zero-order chi connectivity index (χ0) is 11.7. The van der Waals surface area contributed by atoms with Gasteiger partial charge in [0.2, 0.25) is 5.88 Å². The van der Waals surface area contributed by atoms with Crippen molar-refractivity contribution in [2.24, 2.45) is 0 Å². The number of nitrogens with zero attached hydrogens (tertiary/aromatic N) is 2. The second-order valence-electron chi connectivity index (χ2n) is 1.40. The van der Waals surface area contributed by atoms with Crippen LogP contribution in [0.4, 0.5) is 0 Å². The lowest BCUT2D eigenvalue weighted by Crippen LogP contribution is -1.94. The minimum Gasteiger partial charge on any atom is -0.477 e. The van der Waals surface area contributed by atoms with Gasteiger partial charge in [0.15, 0.2) is 0 Å². The van der Waals surface area contributed by atoms with Crippen molar-refractivity contribution in [3.8, 4) is 5.88 Å².